The molecule has 2 aliphatic heterocycles. The highest BCUT2D eigenvalue weighted by Crippen LogP contribution is 2.43. The van der Waals surface area contributed by atoms with Crippen LogP contribution in [0.15, 0.2) is 0 Å². The second kappa shape index (κ2) is 3.89. The number of ether oxygens (including phenoxy) is 1. The molecule has 0 aromatic heterocycles. The Morgan fingerprint density at radius 2 is 2.12 bits per heavy atom. The van der Waals surface area contributed by atoms with E-state index in [1.54, 1.807) is 6.92 Å². The van der Waals surface area contributed by atoms with Crippen LogP contribution in [0.1, 0.15) is 33.1 Å². The summed E-state index contributed by atoms with van der Waals surface area (Å²) in [6, 6.07) is 0. The fraction of sp³-hybridized carbons (Fsp3) is 0.909. The standard InChI is InChI=1S/C11H20N2O3/c1-3-8-13-9(14)16-11(10(13,2)15)4-6-12-7-5-11/h12,15H,3-8H2,1-2H3. The van der Waals surface area contributed by atoms with Crippen LogP contribution < -0.4 is 5.32 Å². The van der Waals surface area contributed by atoms with Crippen molar-refractivity contribution in [1.29, 1.82) is 0 Å². The lowest BCUT2D eigenvalue weighted by atomic mass is 9.82. The molecule has 1 atom stereocenters. The van der Waals surface area contributed by atoms with Crippen molar-refractivity contribution in [2.24, 2.45) is 0 Å². The molecule has 2 aliphatic rings. The van der Waals surface area contributed by atoms with Crippen LogP contribution in [0, 0.1) is 0 Å². The molecule has 0 aliphatic carbocycles. The van der Waals surface area contributed by atoms with Crippen LogP contribution >= 0.6 is 0 Å². The smallest absolute Gasteiger partial charge is 0.412 e. The largest absolute Gasteiger partial charge is 0.437 e. The van der Waals surface area contributed by atoms with Crippen LogP contribution in [-0.2, 0) is 4.74 Å². The van der Waals surface area contributed by atoms with Gasteiger partial charge in [0.1, 0.15) is 0 Å². The number of rotatable bonds is 2. The summed E-state index contributed by atoms with van der Waals surface area (Å²) in [6.07, 6.45) is 1.78. The first kappa shape index (κ1) is 11.7. The van der Waals surface area contributed by atoms with Crippen molar-refractivity contribution in [3.8, 4) is 0 Å². The predicted molar refractivity (Wildman–Crippen MR) is 58.9 cm³/mol. The van der Waals surface area contributed by atoms with Gasteiger partial charge in [0.05, 0.1) is 0 Å². The van der Waals surface area contributed by atoms with Crippen molar-refractivity contribution in [2.45, 2.75) is 44.4 Å². The molecular formula is C11H20N2O3. The maximum atomic E-state index is 11.8. The number of nitrogens with zero attached hydrogens (tertiary/aromatic N) is 1. The number of amides is 1. The highest BCUT2D eigenvalue weighted by atomic mass is 16.6. The normalized spacial score (nSPS) is 33.2. The number of piperidine rings is 1. The SMILES string of the molecule is CCCN1C(=O)OC2(CCNCC2)C1(C)O. The topological polar surface area (TPSA) is 61.8 Å². The Balaban J connectivity index is 2.25. The molecule has 92 valence electrons. The number of carbonyl (C=O) groups excluding carboxylic acids is 1. The molecule has 5 heteroatoms. The van der Waals surface area contributed by atoms with Crippen LogP contribution in [-0.4, -0.2) is 47.1 Å². The van der Waals surface area contributed by atoms with Crippen molar-refractivity contribution >= 4 is 6.09 Å². The van der Waals surface area contributed by atoms with Crippen LogP contribution in [0.3, 0.4) is 0 Å². The van der Waals surface area contributed by atoms with Gasteiger partial charge in [0.2, 0.25) is 0 Å². The summed E-state index contributed by atoms with van der Waals surface area (Å²) in [4.78, 5) is 13.2. The lowest BCUT2D eigenvalue weighted by Gasteiger charge is -2.42. The zero-order valence-corrected chi connectivity index (χ0v) is 9.95. The molecular weight excluding hydrogens is 208 g/mol. The van der Waals surface area contributed by atoms with E-state index in [9.17, 15) is 9.90 Å². The van der Waals surface area contributed by atoms with Gasteiger partial charge in [0.15, 0.2) is 11.3 Å². The average Bonchev–Trinajstić information content (AvgIpc) is 2.41. The second-order valence-corrected chi connectivity index (χ2v) is 4.78. The third-order valence-corrected chi connectivity index (χ3v) is 3.75. The fourth-order valence-electron chi connectivity index (χ4n) is 2.68. The molecule has 2 rings (SSSR count). The van der Waals surface area contributed by atoms with Gasteiger partial charge in [0.25, 0.3) is 0 Å². The van der Waals surface area contributed by atoms with Crippen LogP contribution in [0.25, 0.3) is 0 Å². The van der Waals surface area contributed by atoms with Gasteiger partial charge < -0.3 is 15.2 Å². The van der Waals surface area contributed by atoms with Crippen LogP contribution in [0.4, 0.5) is 4.79 Å². The van der Waals surface area contributed by atoms with Crippen molar-refractivity contribution in [1.82, 2.24) is 10.2 Å². The minimum Gasteiger partial charge on any atom is -0.437 e. The Hall–Kier alpha value is -0.810. The summed E-state index contributed by atoms with van der Waals surface area (Å²) < 4.78 is 5.47. The Labute approximate surface area is 95.8 Å². The summed E-state index contributed by atoms with van der Waals surface area (Å²) in [5.41, 5.74) is -1.90. The number of nitrogens with one attached hydrogen (secondary N) is 1. The fourth-order valence-corrected chi connectivity index (χ4v) is 2.68. The maximum Gasteiger partial charge on any atom is 0.412 e. The lowest BCUT2D eigenvalue weighted by molar-refractivity contribution is -0.155. The molecule has 0 bridgehead atoms. The van der Waals surface area contributed by atoms with Crippen LogP contribution in [0.2, 0.25) is 0 Å². The van der Waals surface area contributed by atoms with Crippen molar-refractivity contribution in [3.05, 3.63) is 0 Å². The van der Waals surface area contributed by atoms with Gasteiger partial charge in [-0.2, -0.15) is 0 Å². The minimum absolute atomic E-state index is 0.381. The van der Waals surface area contributed by atoms with E-state index in [1.165, 1.54) is 4.90 Å². The lowest BCUT2D eigenvalue weighted by Crippen LogP contribution is -2.60. The zero-order chi connectivity index (χ0) is 11.8. The quantitative estimate of drug-likeness (QED) is 0.729. The van der Waals surface area contributed by atoms with E-state index in [0.29, 0.717) is 19.4 Å². The molecule has 0 saturated carbocycles. The van der Waals surface area contributed by atoms with E-state index in [-0.39, 0.29) is 6.09 Å². The summed E-state index contributed by atoms with van der Waals surface area (Å²) in [5.74, 6) is 0. The molecule has 2 fully saturated rings. The Bertz CT molecular complexity index is 285. The summed E-state index contributed by atoms with van der Waals surface area (Å²) in [5, 5.41) is 13.8. The molecule has 16 heavy (non-hydrogen) atoms. The third-order valence-electron chi connectivity index (χ3n) is 3.75. The summed E-state index contributed by atoms with van der Waals surface area (Å²) in [6.45, 7) is 5.78. The van der Waals surface area contributed by atoms with Gasteiger partial charge in [-0.25, -0.2) is 4.79 Å². The molecule has 2 N–H and O–H groups in total. The van der Waals surface area contributed by atoms with E-state index in [1.807, 2.05) is 6.92 Å². The third kappa shape index (κ3) is 1.50. The second-order valence-electron chi connectivity index (χ2n) is 4.78. The number of carbonyl (C=O) groups is 1. The van der Waals surface area contributed by atoms with E-state index < -0.39 is 11.3 Å². The Morgan fingerprint density at radius 1 is 1.50 bits per heavy atom. The van der Waals surface area contributed by atoms with E-state index in [4.69, 9.17) is 4.74 Å². The average molecular weight is 228 g/mol. The van der Waals surface area contributed by atoms with E-state index in [2.05, 4.69) is 5.32 Å². The van der Waals surface area contributed by atoms with Gasteiger partial charge in [-0.15, -0.1) is 0 Å². The first-order valence-corrected chi connectivity index (χ1v) is 5.97. The van der Waals surface area contributed by atoms with Gasteiger partial charge in [-0.1, -0.05) is 6.92 Å². The number of hydrogen-bond acceptors (Lipinski definition) is 4. The minimum atomic E-state index is -1.18. The van der Waals surface area contributed by atoms with Gasteiger partial charge in [-0.3, -0.25) is 4.90 Å². The number of hydrogen-bond donors (Lipinski definition) is 2. The van der Waals surface area contributed by atoms with E-state index >= 15 is 0 Å². The van der Waals surface area contributed by atoms with Crippen molar-refractivity contribution < 1.29 is 14.6 Å². The summed E-state index contributed by atoms with van der Waals surface area (Å²) >= 11 is 0. The molecule has 1 unspecified atom stereocenters. The molecule has 0 aromatic carbocycles. The number of aliphatic hydroxyl groups is 1. The highest BCUT2D eigenvalue weighted by molar-refractivity contribution is 5.72. The molecule has 0 aromatic rings. The molecule has 2 saturated heterocycles. The van der Waals surface area contributed by atoms with Gasteiger partial charge in [0, 0.05) is 19.4 Å². The zero-order valence-electron chi connectivity index (χ0n) is 9.95. The first-order valence-electron chi connectivity index (χ1n) is 5.97. The molecule has 1 spiro atoms. The van der Waals surface area contributed by atoms with Crippen molar-refractivity contribution in [3.63, 3.8) is 0 Å². The Kier molecular flexibility index (Phi) is 2.84. The van der Waals surface area contributed by atoms with Gasteiger partial charge >= 0.3 is 6.09 Å². The molecule has 0 radical (unpaired) electrons. The summed E-state index contributed by atoms with van der Waals surface area (Å²) in [7, 11) is 0. The Morgan fingerprint density at radius 3 is 2.69 bits per heavy atom. The maximum absolute atomic E-state index is 11.8. The first-order chi connectivity index (χ1) is 7.53. The van der Waals surface area contributed by atoms with Gasteiger partial charge in [-0.05, 0) is 26.4 Å². The monoisotopic (exact) mass is 228 g/mol. The van der Waals surface area contributed by atoms with E-state index in [0.717, 1.165) is 19.5 Å². The molecule has 1 amide bonds. The molecule has 5 nitrogen and oxygen atoms in total. The predicted octanol–water partition coefficient (Wildman–Crippen LogP) is 0.679. The highest BCUT2D eigenvalue weighted by Gasteiger charge is 2.61. The van der Waals surface area contributed by atoms with Crippen LogP contribution in [0.5, 0.6) is 0 Å². The molecule has 2 heterocycles. The van der Waals surface area contributed by atoms with Crippen molar-refractivity contribution in [2.75, 3.05) is 19.6 Å².